The topological polar surface area (TPSA) is 70.8 Å². The molecule has 5 aliphatic rings. The maximum atomic E-state index is 14.4. The highest BCUT2D eigenvalue weighted by atomic mass is 19.3. The van der Waals surface area contributed by atoms with Gasteiger partial charge >= 0.3 is 5.92 Å². The Morgan fingerprint density at radius 3 is 2.36 bits per heavy atom. The molecule has 8 atom stereocenters. The highest BCUT2D eigenvalue weighted by molar-refractivity contribution is 5.96. The summed E-state index contributed by atoms with van der Waals surface area (Å²) >= 11 is 0. The fourth-order valence-electron chi connectivity index (χ4n) is 10.0. The van der Waals surface area contributed by atoms with Crippen LogP contribution in [0.5, 0.6) is 0 Å². The average Bonchev–Trinajstić information content (AvgIpc) is 2.83. The monoisotopic (exact) mass is 542 g/mol. The van der Waals surface area contributed by atoms with Gasteiger partial charge in [0.05, 0.1) is 12.3 Å². The molecule has 0 saturated heterocycles. The number of aliphatic hydroxyl groups excluding tert-OH is 1. The van der Waals surface area contributed by atoms with Crippen LogP contribution in [0.3, 0.4) is 0 Å². The maximum absolute atomic E-state index is 14.4. The number of amides is 1. The normalized spacial score (nSPS) is 45.1. The summed E-state index contributed by atoms with van der Waals surface area (Å²) in [6.07, 6.45) is 7.36. The zero-order valence-corrected chi connectivity index (χ0v) is 24.5. The first kappa shape index (κ1) is 28.3. The summed E-state index contributed by atoms with van der Waals surface area (Å²) in [5.74, 6) is -5.12. The maximum Gasteiger partial charge on any atom is 0.321 e. The van der Waals surface area contributed by atoms with E-state index >= 15 is 0 Å². The van der Waals surface area contributed by atoms with Crippen LogP contribution in [0.2, 0.25) is 0 Å². The summed E-state index contributed by atoms with van der Waals surface area (Å²) in [5.41, 5.74) is -0.530. The number of halogens is 2. The minimum atomic E-state index is -3.48. The smallest absolute Gasteiger partial charge is 0.321 e. The van der Waals surface area contributed by atoms with Crippen molar-refractivity contribution in [2.45, 2.75) is 111 Å². The van der Waals surface area contributed by atoms with E-state index in [1.165, 1.54) is 0 Å². The van der Waals surface area contributed by atoms with E-state index in [9.17, 15) is 23.5 Å². The van der Waals surface area contributed by atoms with E-state index < -0.39 is 28.2 Å². The Balaban J connectivity index is 1.63. The molecule has 3 saturated carbocycles. The predicted molar refractivity (Wildman–Crippen MR) is 146 cm³/mol. The van der Waals surface area contributed by atoms with Crippen molar-refractivity contribution in [3.05, 3.63) is 34.5 Å². The van der Waals surface area contributed by atoms with Crippen LogP contribution in [0.1, 0.15) is 99.8 Å². The number of carbonyl (C=O) groups excluding carboxylic acids is 2. The molecule has 39 heavy (non-hydrogen) atoms. The lowest BCUT2D eigenvalue weighted by molar-refractivity contribution is -0.168. The Hall–Kier alpha value is -2.23. The van der Waals surface area contributed by atoms with Gasteiger partial charge in [-0.3, -0.25) is 9.59 Å². The van der Waals surface area contributed by atoms with Gasteiger partial charge in [-0.25, -0.2) is 4.85 Å². The Bertz CT molecular complexity index is 1220. The van der Waals surface area contributed by atoms with Crippen LogP contribution in [0, 0.1) is 51.9 Å². The highest BCUT2D eigenvalue weighted by Crippen LogP contribution is 2.73. The molecule has 5 nitrogen and oxygen atoms in total. The van der Waals surface area contributed by atoms with Crippen LogP contribution in [0.15, 0.2) is 23.1 Å². The van der Waals surface area contributed by atoms with Gasteiger partial charge in [0.25, 0.3) is 5.91 Å². The fraction of sp³-hybridized carbons (Fsp3) is 0.781. The van der Waals surface area contributed by atoms with Gasteiger partial charge < -0.3 is 10.4 Å². The van der Waals surface area contributed by atoms with Gasteiger partial charge in [0.1, 0.15) is 0 Å². The lowest BCUT2D eigenvalue weighted by atomic mass is 9.35. The number of nitrogens with one attached hydrogen (secondary N) is 1. The Morgan fingerprint density at radius 2 is 1.74 bits per heavy atom. The van der Waals surface area contributed by atoms with Crippen molar-refractivity contribution in [2.24, 2.45) is 45.3 Å². The van der Waals surface area contributed by atoms with Crippen molar-refractivity contribution >= 4 is 11.7 Å². The van der Waals surface area contributed by atoms with Crippen LogP contribution >= 0.6 is 0 Å². The molecule has 0 bridgehead atoms. The lowest BCUT2D eigenvalue weighted by Gasteiger charge is -2.69. The van der Waals surface area contributed by atoms with E-state index in [0.717, 1.165) is 24.8 Å². The molecule has 0 unspecified atom stereocenters. The second kappa shape index (κ2) is 8.40. The van der Waals surface area contributed by atoms with Crippen molar-refractivity contribution in [1.29, 1.82) is 0 Å². The molecular formula is C32H44F2N2O3. The minimum Gasteiger partial charge on any atom is -0.523 e. The number of fused-ring (bicyclic) bond motifs is 7. The quantitative estimate of drug-likeness (QED) is 0.357. The SMILES string of the molecule is [C-]#[N+]C1=C(O)[C@@H](C)[C@@H]2CC[C@]3(C)C(=CC(=O)[C@@H]4[C@@H]5CC(C)(C)CC[C@]5(NC(=O)C(C)(F)F)CC[C@]43C)[C@@]2(C)C1. The van der Waals surface area contributed by atoms with E-state index in [1.54, 1.807) is 0 Å². The molecule has 0 aliphatic heterocycles. The van der Waals surface area contributed by atoms with E-state index in [1.807, 2.05) is 13.0 Å². The number of carbonyl (C=O) groups is 2. The summed E-state index contributed by atoms with van der Waals surface area (Å²) in [5, 5.41) is 13.6. The lowest BCUT2D eigenvalue weighted by Crippen LogP contribution is -2.70. The predicted octanol–water partition coefficient (Wildman–Crippen LogP) is 7.40. The van der Waals surface area contributed by atoms with Crippen molar-refractivity contribution < 1.29 is 23.5 Å². The first-order valence-corrected chi connectivity index (χ1v) is 14.6. The highest BCUT2D eigenvalue weighted by Gasteiger charge is 2.69. The molecule has 0 aromatic carbocycles. The second-order valence-corrected chi connectivity index (χ2v) is 15.1. The van der Waals surface area contributed by atoms with E-state index in [0.29, 0.717) is 44.7 Å². The second-order valence-electron chi connectivity index (χ2n) is 15.1. The number of rotatable bonds is 2. The molecule has 3 fully saturated rings. The molecule has 2 N–H and O–H groups in total. The Kier molecular flexibility index (Phi) is 6.09. The number of hydrogen-bond acceptors (Lipinski definition) is 3. The molecule has 5 aliphatic carbocycles. The third-order valence-corrected chi connectivity index (χ3v) is 12.5. The third kappa shape index (κ3) is 3.79. The van der Waals surface area contributed by atoms with E-state index in [4.69, 9.17) is 6.57 Å². The number of aliphatic hydroxyl groups is 1. The molecule has 7 heteroatoms. The summed E-state index contributed by atoms with van der Waals surface area (Å²) in [6, 6.07) is 0. The zero-order chi connectivity index (χ0) is 29.0. The molecule has 0 aromatic heterocycles. The number of ketones is 1. The van der Waals surface area contributed by atoms with Gasteiger partial charge in [0.15, 0.2) is 5.78 Å². The van der Waals surface area contributed by atoms with Crippen molar-refractivity contribution in [2.75, 3.05) is 0 Å². The molecule has 0 spiro atoms. The van der Waals surface area contributed by atoms with Crippen LogP contribution in [0.4, 0.5) is 8.78 Å². The largest absolute Gasteiger partial charge is 0.523 e. The first-order valence-electron chi connectivity index (χ1n) is 14.6. The van der Waals surface area contributed by atoms with Crippen LogP contribution < -0.4 is 5.32 Å². The molecule has 1 amide bonds. The van der Waals surface area contributed by atoms with Crippen LogP contribution in [-0.4, -0.2) is 28.3 Å². The molecular weight excluding hydrogens is 498 g/mol. The molecule has 0 heterocycles. The van der Waals surface area contributed by atoms with Gasteiger partial charge in [-0.15, -0.1) is 0 Å². The third-order valence-electron chi connectivity index (χ3n) is 12.5. The summed E-state index contributed by atoms with van der Waals surface area (Å²) in [6.45, 7) is 21.4. The van der Waals surface area contributed by atoms with Gasteiger partial charge in [0, 0.05) is 24.3 Å². The van der Waals surface area contributed by atoms with E-state index in [2.05, 4.69) is 44.8 Å². The van der Waals surface area contributed by atoms with Crippen LogP contribution in [-0.2, 0) is 9.59 Å². The molecule has 0 aromatic rings. The molecule has 5 rings (SSSR count). The standard InChI is InChI=1S/C32H44F2N2O3/c1-18-19-9-10-29(5)23(28(19,4)17-21(35-8)25(18)38)15-22(37)24-20-16-27(2,3)11-13-32(20,14-12-30(24,29)6)36-26(39)31(7,33)34/h15,18-20,24,38H,9-14,16-17H2,1-7H3,(H,36,39)/t18-,19-,20-,24-,28-,29+,30+,32-/m0/s1. The van der Waals surface area contributed by atoms with Gasteiger partial charge in [-0.2, -0.15) is 8.78 Å². The first-order chi connectivity index (χ1) is 17.9. The number of nitrogens with zero attached hydrogens (tertiary/aromatic N) is 1. The van der Waals surface area contributed by atoms with Crippen LogP contribution in [0.25, 0.3) is 4.85 Å². The fourth-order valence-corrected chi connectivity index (χ4v) is 10.0. The Morgan fingerprint density at radius 1 is 1.10 bits per heavy atom. The summed E-state index contributed by atoms with van der Waals surface area (Å²) in [4.78, 5) is 30.7. The van der Waals surface area contributed by atoms with Crippen molar-refractivity contribution in [3.8, 4) is 0 Å². The van der Waals surface area contributed by atoms with Crippen molar-refractivity contribution in [1.82, 2.24) is 5.32 Å². The molecule has 214 valence electrons. The number of alkyl halides is 2. The minimum absolute atomic E-state index is 0.0342. The number of allylic oxidation sites excluding steroid dienone is 4. The number of hydrogen-bond donors (Lipinski definition) is 2. The van der Waals surface area contributed by atoms with Gasteiger partial charge in [0.2, 0.25) is 5.70 Å². The van der Waals surface area contributed by atoms with E-state index in [-0.39, 0.29) is 46.0 Å². The van der Waals surface area contributed by atoms with Gasteiger partial charge in [-0.1, -0.05) is 47.1 Å². The van der Waals surface area contributed by atoms with Gasteiger partial charge in [-0.05, 0) is 90.9 Å². The average molecular weight is 543 g/mol. The molecule has 0 radical (unpaired) electrons. The zero-order valence-electron chi connectivity index (χ0n) is 24.5. The van der Waals surface area contributed by atoms with Crippen molar-refractivity contribution in [3.63, 3.8) is 0 Å². The summed E-state index contributed by atoms with van der Waals surface area (Å²) < 4.78 is 28.3. The summed E-state index contributed by atoms with van der Waals surface area (Å²) in [7, 11) is 0. The Labute approximate surface area is 231 Å².